The number of benzene rings is 1. The summed E-state index contributed by atoms with van der Waals surface area (Å²) >= 11 is 1.54. The zero-order valence-electron chi connectivity index (χ0n) is 10.2. The molecule has 0 aliphatic heterocycles. The number of ether oxygens (including phenoxy) is 2. The Balaban J connectivity index is 1.97. The van der Waals surface area contributed by atoms with Gasteiger partial charge in [-0.05, 0) is 23.6 Å². The number of methoxy groups -OCH3 is 1. The second-order valence-electron chi connectivity index (χ2n) is 3.82. The number of hydrogen-bond acceptors (Lipinski definition) is 6. The molecule has 0 saturated heterocycles. The predicted octanol–water partition coefficient (Wildman–Crippen LogP) is 3.07. The van der Waals surface area contributed by atoms with Crippen molar-refractivity contribution in [3.8, 4) is 17.4 Å². The highest BCUT2D eigenvalue weighted by Crippen LogP contribution is 2.33. The van der Waals surface area contributed by atoms with E-state index in [2.05, 4.69) is 9.97 Å². The summed E-state index contributed by atoms with van der Waals surface area (Å²) in [6, 6.07) is 7.19. The Bertz CT molecular complexity index is 727. The maximum Gasteiger partial charge on any atom is 0.240 e. The van der Waals surface area contributed by atoms with Gasteiger partial charge in [0.1, 0.15) is 22.5 Å². The average molecular weight is 273 g/mol. The SMILES string of the molecule is COc1ccc(Oc2ncnc3ccsc23)cc1N. The van der Waals surface area contributed by atoms with E-state index in [9.17, 15) is 0 Å². The summed E-state index contributed by atoms with van der Waals surface area (Å²) in [4.78, 5) is 8.31. The number of hydrogen-bond donors (Lipinski definition) is 1. The molecule has 3 rings (SSSR count). The van der Waals surface area contributed by atoms with Crippen LogP contribution in [0.25, 0.3) is 10.2 Å². The lowest BCUT2D eigenvalue weighted by Crippen LogP contribution is -1.94. The van der Waals surface area contributed by atoms with Crippen molar-refractivity contribution in [2.75, 3.05) is 12.8 Å². The van der Waals surface area contributed by atoms with Gasteiger partial charge >= 0.3 is 0 Å². The van der Waals surface area contributed by atoms with Crippen LogP contribution in [-0.4, -0.2) is 17.1 Å². The summed E-state index contributed by atoms with van der Waals surface area (Å²) < 4.78 is 11.8. The Morgan fingerprint density at radius 2 is 2.11 bits per heavy atom. The highest BCUT2D eigenvalue weighted by Gasteiger charge is 2.08. The Hall–Kier alpha value is -2.34. The van der Waals surface area contributed by atoms with Gasteiger partial charge in [0.15, 0.2) is 0 Å². The number of nitrogen functional groups attached to an aromatic ring is 1. The zero-order valence-corrected chi connectivity index (χ0v) is 11.0. The standard InChI is InChI=1S/C13H11N3O2S/c1-17-11-3-2-8(6-9(11)14)18-13-12-10(4-5-19-12)15-7-16-13/h2-7H,14H2,1H3. The lowest BCUT2D eigenvalue weighted by Gasteiger charge is -2.08. The molecule has 5 nitrogen and oxygen atoms in total. The largest absolute Gasteiger partial charge is 0.495 e. The molecular weight excluding hydrogens is 262 g/mol. The number of thiophene rings is 1. The fraction of sp³-hybridized carbons (Fsp3) is 0.0769. The molecule has 0 radical (unpaired) electrons. The molecule has 0 unspecified atom stereocenters. The zero-order chi connectivity index (χ0) is 13.2. The first-order valence-electron chi connectivity index (χ1n) is 5.57. The third-order valence-corrected chi connectivity index (χ3v) is 3.52. The van der Waals surface area contributed by atoms with E-state index in [1.807, 2.05) is 11.4 Å². The van der Waals surface area contributed by atoms with Crippen molar-refractivity contribution in [2.45, 2.75) is 0 Å². The Kier molecular flexibility index (Phi) is 2.92. The maximum absolute atomic E-state index is 5.84. The minimum absolute atomic E-state index is 0.525. The molecule has 3 aromatic rings. The molecule has 96 valence electrons. The molecular formula is C13H11N3O2S. The first kappa shape index (κ1) is 11.7. The van der Waals surface area contributed by atoms with E-state index < -0.39 is 0 Å². The van der Waals surface area contributed by atoms with Gasteiger partial charge in [0.25, 0.3) is 0 Å². The average Bonchev–Trinajstić information content (AvgIpc) is 2.88. The highest BCUT2D eigenvalue weighted by atomic mass is 32.1. The van der Waals surface area contributed by atoms with Crippen molar-refractivity contribution < 1.29 is 9.47 Å². The van der Waals surface area contributed by atoms with E-state index in [1.54, 1.807) is 25.3 Å². The molecule has 2 heterocycles. The molecule has 0 atom stereocenters. The number of aromatic nitrogens is 2. The summed E-state index contributed by atoms with van der Waals surface area (Å²) in [6.07, 6.45) is 1.48. The molecule has 0 fully saturated rings. The maximum atomic E-state index is 5.84. The number of nitrogens with two attached hydrogens (primary N) is 1. The topological polar surface area (TPSA) is 70.3 Å². The number of rotatable bonds is 3. The van der Waals surface area contributed by atoms with E-state index in [-0.39, 0.29) is 0 Å². The molecule has 0 saturated carbocycles. The van der Waals surface area contributed by atoms with Gasteiger partial charge < -0.3 is 15.2 Å². The lowest BCUT2D eigenvalue weighted by atomic mass is 10.3. The fourth-order valence-electron chi connectivity index (χ4n) is 1.73. The fourth-order valence-corrected chi connectivity index (χ4v) is 2.50. The van der Waals surface area contributed by atoms with Crippen molar-refractivity contribution in [1.29, 1.82) is 0 Å². The molecule has 2 N–H and O–H groups in total. The van der Waals surface area contributed by atoms with Gasteiger partial charge in [-0.3, -0.25) is 0 Å². The summed E-state index contributed by atoms with van der Waals surface area (Å²) in [5, 5.41) is 1.95. The van der Waals surface area contributed by atoms with Crippen molar-refractivity contribution in [3.63, 3.8) is 0 Å². The third kappa shape index (κ3) is 2.17. The smallest absolute Gasteiger partial charge is 0.240 e. The van der Waals surface area contributed by atoms with Crippen LogP contribution < -0.4 is 15.2 Å². The van der Waals surface area contributed by atoms with Gasteiger partial charge in [0, 0.05) is 6.07 Å². The van der Waals surface area contributed by atoms with Gasteiger partial charge in [0.2, 0.25) is 5.88 Å². The Labute approximate surface area is 113 Å². The van der Waals surface area contributed by atoms with Gasteiger partial charge in [-0.1, -0.05) is 0 Å². The first-order chi connectivity index (χ1) is 9.28. The van der Waals surface area contributed by atoms with Crippen molar-refractivity contribution in [3.05, 3.63) is 36.0 Å². The van der Waals surface area contributed by atoms with E-state index in [1.165, 1.54) is 17.7 Å². The second-order valence-corrected chi connectivity index (χ2v) is 4.74. The Morgan fingerprint density at radius 3 is 2.89 bits per heavy atom. The Morgan fingerprint density at radius 1 is 1.21 bits per heavy atom. The molecule has 0 spiro atoms. The van der Waals surface area contributed by atoms with Gasteiger partial charge in [-0.2, -0.15) is 0 Å². The van der Waals surface area contributed by atoms with E-state index in [0.29, 0.717) is 23.1 Å². The number of anilines is 1. The van der Waals surface area contributed by atoms with Crippen LogP contribution >= 0.6 is 11.3 Å². The molecule has 0 aliphatic rings. The quantitative estimate of drug-likeness (QED) is 0.742. The summed E-state index contributed by atoms with van der Waals surface area (Å²) in [6.45, 7) is 0. The summed E-state index contributed by atoms with van der Waals surface area (Å²) in [7, 11) is 1.58. The molecule has 6 heteroatoms. The second kappa shape index (κ2) is 4.74. The van der Waals surface area contributed by atoms with Crippen molar-refractivity contribution in [1.82, 2.24) is 9.97 Å². The highest BCUT2D eigenvalue weighted by molar-refractivity contribution is 7.17. The monoisotopic (exact) mass is 273 g/mol. The van der Waals surface area contributed by atoms with Crippen LogP contribution in [0.1, 0.15) is 0 Å². The van der Waals surface area contributed by atoms with Crippen molar-refractivity contribution >= 4 is 27.2 Å². The summed E-state index contributed by atoms with van der Waals surface area (Å²) in [5.74, 6) is 1.77. The molecule has 0 aliphatic carbocycles. The normalized spacial score (nSPS) is 10.6. The predicted molar refractivity (Wildman–Crippen MR) is 74.9 cm³/mol. The number of nitrogens with zero attached hydrogens (tertiary/aromatic N) is 2. The number of fused-ring (bicyclic) bond motifs is 1. The van der Waals surface area contributed by atoms with Gasteiger partial charge in [-0.15, -0.1) is 11.3 Å². The van der Waals surface area contributed by atoms with E-state index in [0.717, 1.165) is 10.2 Å². The van der Waals surface area contributed by atoms with Crippen LogP contribution in [0, 0.1) is 0 Å². The summed E-state index contributed by atoms with van der Waals surface area (Å²) in [5.41, 5.74) is 7.24. The minimum atomic E-state index is 0.525. The van der Waals surface area contributed by atoms with Crippen LogP contribution in [-0.2, 0) is 0 Å². The van der Waals surface area contributed by atoms with Crippen LogP contribution in [0.4, 0.5) is 5.69 Å². The van der Waals surface area contributed by atoms with Gasteiger partial charge in [-0.25, -0.2) is 9.97 Å². The van der Waals surface area contributed by atoms with Gasteiger partial charge in [0.05, 0.1) is 18.3 Å². The molecule has 1 aromatic carbocycles. The molecule has 2 aromatic heterocycles. The molecule has 0 bridgehead atoms. The lowest BCUT2D eigenvalue weighted by molar-refractivity contribution is 0.414. The van der Waals surface area contributed by atoms with E-state index >= 15 is 0 Å². The molecule has 19 heavy (non-hydrogen) atoms. The minimum Gasteiger partial charge on any atom is -0.495 e. The van der Waals surface area contributed by atoms with Crippen LogP contribution in [0.2, 0.25) is 0 Å². The first-order valence-corrected chi connectivity index (χ1v) is 6.45. The third-order valence-electron chi connectivity index (χ3n) is 2.63. The van der Waals surface area contributed by atoms with Crippen LogP contribution in [0.3, 0.4) is 0 Å². The molecule has 0 amide bonds. The van der Waals surface area contributed by atoms with Crippen LogP contribution in [0.15, 0.2) is 36.0 Å². The van der Waals surface area contributed by atoms with E-state index in [4.69, 9.17) is 15.2 Å². The van der Waals surface area contributed by atoms with Crippen LogP contribution in [0.5, 0.6) is 17.4 Å². The van der Waals surface area contributed by atoms with Crippen molar-refractivity contribution in [2.24, 2.45) is 0 Å².